The number of amides is 1. The van der Waals surface area contributed by atoms with Gasteiger partial charge < -0.3 is 14.4 Å². The maximum Gasteiger partial charge on any atom is 0.260 e. The highest BCUT2D eigenvalue weighted by Gasteiger charge is 2.22. The van der Waals surface area contributed by atoms with Gasteiger partial charge in [0.2, 0.25) is 0 Å². The van der Waals surface area contributed by atoms with Crippen LogP contribution in [0.2, 0.25) is 5.02 Å². The molecule has 2 aromatic carbocycles. The average molecular weight is 393 g/mol. The number of para-hydroxylation sites is 1. The van der Waals surface area contributed by atoms with Gasteiger partial charge in [-0.25, -0.2) is 4.39 Å². The van der Waals surface area contributed by atoms with Crippen LogP contribution in [0.4, 0.5) is 4.39 Å². The Kier molecular flexibility index (Phi) is 6.53. The van der Waals surface area contributed by atoms with Crippen molar-refractivity contribution in [2.24, 2.45) is 0 Å². The SMILES string of the molecule is COc1cccc(F)c1OCC(=O)N1CCN(Cc2ccc(Cl)cc2)CC1. The molecule has 1 aliphatic rings. The van der Waals surface area contributed by atoms with E-state index in [9.17, 15) is 9.18 Å². The molecule has 0 N–H and O–H groups in total. The number of ether oxygens (including phenoxy) is 2. The van der Waals surface area contributed by atoms with Crippen molar-refractivity contribution in [1.82, 2.24) is 9.80 Å². The third-order valence-electron chi connectivity index (χ3n) is 4.54. The van der Waals surface area contributed by atoms with E-state index in [0.717, 1.165) is 24.7 Å². The van der Waals surface area contributed by atoms with Crippen LogP contribution >= 0.6 is 11.6 Å². The Bertz CT molecular complexity index is 777. The van der Waals surface area contributed by atoms with E-state index in [1.165, 1.54) is 24.8 Å². The first-order valence-corrected chi connectivity index (χ1v) is 9.14. The van der Waals surface area contributed by atoms with Gasteiger partial charge in [0.1, 0.15) is 0 Å². The number of nitrogens with zero attached hydrogens (tertiary/aromatic N) is 2. The number of methoxy groups -OCH3 is 1. The van der Waals surface area contributed by atoms with Crippen LogP contribution in [0.1, 0.15) is 5.56 Å². The molecule has 7 heteroatoms. The van der Waals surface area contributed by atoms with Crippen LogP contribution in [0.25, 0.3) is 0 Å². The van der Waals surface area contributed by atoms with Crippen molar-refractivity contribution in [1.29, 1.82) is 0 Å². The van der Waals surface area contributed by atoms with Gasteiger partial charge in [-0.15, -0.1) is 0 Å². The predicted molar refractivity (Wildman–Crippen MR) is 102 cm³/mol. The maximum absolute atomic E-state index is 13.9. The molecule has 1 fully saturated rings. The number of hydrogen-bond acceptors (Lipinski definition) is 4. The summed E-state index contributed by atoms with van der Waals surface area (Å²) in [5.74, 6) is -0.466. The molecule has 1 saturated heterocycles. The van der Waals surface area contributed by atoms with Crippen molar-refractivity contribution < 1.29 is 18.7 Å². The van der Waals surface area contributed by atoms with Crippen LogP contribution in [-0.4, -0.2) is 55.6 Å². The largest absolute Gasteiger partial charge is 0.493 e. The Balaban J connectivity index is 1.48. The molecule has 0 aromatic heterocycles. The second-order valence-electron chi connectivity index (χ2n) is 6.34. The van der Waals surface area contributed by atoms with Crippen LogP contribution in [-0.2, 0) is 11.3 Å². The van der Waals surface area contributed by atoms with Crippen molar-refractivity contribution in [3.05, 3.63) is 58.9 Å². The zero-order valence-corrected chi connectivity index (χ0v) is 15.9. The predicted octanol–water partition coefficient (Wildman–Crippen LogP) is 3.21. The molecule has 0 saturated carbocycles. The summed E-state index contributed by atoms with van der Waals surface area (Å²) >= 11 is 5.91. The molecule has 1 amide bonds. The summed E-state index contributed by atoms with van der Waals surface area (Å²) in [5, 5.41) is 0.723. The standard InChI is InChI=1S/C20H22ClFN2O3/c1-26-18-4-2-3-17(22)20(18)27-14-19(25)24-11-9-23(10-12-24)13-15-5-7-16(21)8-6-15/h2-8H,9-14H2,1H3. The van der Waals surface area contributed by atoms with E-state index in [0.29, 0.717) is 13.1 Å². The molecule has 5 nitrogen and oxygen atoms in total. The van der Waals surface area contributed by atoms with Gasteiger partial charge in [0.15, 0.2) is 23.9 Å². The fraction of sp³-hybridized carbons (Fsp3) is 0.350. The summed E-state index contributed by atoms with van der Waals surface area (Å²) in [5.41, 5.74) is 1.19. The van der Waals surface area contributed by atoms with E-state index >= 15 is 0 Å². The Morgan fingerprint density at radius 3 is 2.48 bits per heavy atom. The summed E-state index contributed by atoms with van der Waals surface area (Å²) in [6.07, 6.45) is 0. The summed E-state index contributed by atoms with van der Waals surface area (Å²) in [4.78, 5) is 16.4. The van der Waals surface area contributed by atoms with Gasteiger partial charge in [-0.05, 0) is 29.8 Å². The molecule has 0 atom stereocenters. The van der Waals surface area contributed by atoms with Gasteiger partial charge in [-0.2, -0.15) is 0 Å². The normalized spacial score (nSPS) is 14.9. The van der Waals surface area contributed by atoms with Crippen molar-refractivity contribution in [3.8, 4) is 11.5 Å². The van der Waals surface area contributed by atoms with Crippen LogP contribution in [0.3, 0.4) is 0 Å². The van der Waals surface area contributed by atoms with Gasteiger partial charge in [0, 0.05) is 37.7 Å². The number of halogens is 2. The van der Waals surface area contributed by atoms with E-state index in [1.54, 1.807) is 11.0 Å². The Labute approximate surface area is 163 Å². The molecular formula is C20H22ClFN2O3. The molecule has 27 heavy (non-hydrogen) atoms. The molecule has 0 radical (unpaired) electrons. The van der Waals surface area contributed by atoms with E-state index in [1.807, 2.05) is 24.3 Å². The summed E-state index contributed by atoms with van der Waals surface area (Å²) in [6.45, 7) is 3.39. The lowest BCUT2D eigenvalue weighted by molar-refractivity contribution is -0.135. The van der Waals surface area contributed by atoms with Crippen LogP contribution in [0, 0.1) is 5.82 Å². The smallest absolute Gasteiger partial charge is 0.260 e. The third kappa shape index (κ3) is 5.11. The molecule has 0 spiro atoms. The number of carbonyl (C=O) groups is 1. The number of piperazine rings is 1. The second kappa shape index (κ2) is 9.06. The molecule has 1 aliphatic heterocycles. The highest BCUT2D eigenvalue weighted by molar-refractivity contribution is 6.30. The van der Waals surface area contributed by atoms with Crippen LogP contribution in [0.5, 0.6) is 11.5 Å². The summed E-state index contributed by atoms with van der Waals surface area (Å²) < 4.78 is 24.3. The molecular weight excluding hydrogens is 371 g/mol. The lowest BCUT2D eigenvalue weighted by atomic mass is 10.2. The average Bonchev–Trinajstić information content (AvgIpc) is 2.69. The lowest BCUT2D eigenvalue weighted by Crippen LogP contribution is -2.49. The van der Waals surface area contributed by atoms with Crippen molar-refractivity contribution in [2.75, 3.05) is 39.9 Å². The first kappa shape index (κ1) is 19.5. The lowest BCUT2D eigenvalue weighted by Gasteiger charge is -2.34. The minimum atomic E-state index is -0.546. The Hall–Kier alpha value is -2.31. The molecule has 0 aliphatic carbocycles. The highest BCUT2D eigenvalue weighted by atomic mass is 35.5. The van der Waals surface area contributed by atoms with Crippen molar-refractivity contribution >= 4 is 17.5 Å². The fourth-order valence-corrected chi connectivity index (χ4v) is 3.14. The minimum Gasteiger partial charge on any atom is -0.493 e. The third-order valence-corrected chi connectivity index (χ3v) is 4.79. The molecule has 1 heterocycles. The fourth-order valence-electron chi connectivity index (χ4n) is 3.02. The number of carbonyl (C=O) groups excluding carboxylic acids is 1. The Morgan fingerprint density at radius 2 is 1.81 bits per heavy atom. The summed E-state index contributed by atoms with van der Waals surface area (Å²) in [6, 6.07) is 12.2. The monoisotopic (exact) mass is 392 g/mol. The van der Waals surface area contributed by atoms with E-state index in [2.05, 4.69) is 4.90 Å². The molecule has 0 unspecified atom stereocenters. The minimum absolute atomic E-state index is 0.0327. The second-order valence-corrected chi connectivity index (χ2v) is 6.78. The topological polar surface area (TPSA) is 42.0 Å². The molecule has 144 valence electrons. The van der Waals surface area contributed by atoms with Gasteiger partial charge in [-0.3, -0.25) is 9.69 Å². The number of hydrogen-bond donors (Lipinski definition) is 0. The van der Waals surface area contributed by atoms with Crippen molar-refractivity contribution in [3.63, 3.8) is 0 Å². The van der Waals surface area contributed by atoms with Gasteiger partial charge in [0.05, 0.1) is 7.11 Å². The van der Waals surface area contributed by atoms with Crippen LogP contribution in [0.15, 0.2) is 42.5 Å². The zero-order chi connectivity index (χ0) is 19.2. The van der Waals surface area contributed by atoms with E-state index in [-0.39, 0.29) is 24.0 Å². The molecule has 3 rings (SSSR count). The van der Waals surface area contributed by atoms with Crippen molar-refractivity contribution in [2.45, 2.75) is 6.54 Å². The summed E-state index contributed by atoms with van der Waals surface area (Å²) in [7, 11) is 1.43. The van der Waals surface area contributed by atoms with Gasteiger partial charge >= 0.3 is 0 Å². The molecule has 0 bridgehead atoms. The maximum atomic E-state index is 13.9. The van der Waals surface area contributed by atoms with Gasteiger partial charge in [-0.1, -0.05) is 29.8 Å². The number of rotatable bonds is 6. The van der Waals surface area contributed by atoms with Crippen LogP contribution < -0.4 is 9.47 Å². The first-order valence-electron chi connectivity index (χ1n) is 8.76. The van der Waals surface area contributed by atoms with Gasteiger partial charge in [0.25, 0.3) is 5.91 Å². The molecule has 2 aromatic rings. The van der Waals surface area contributed by atoms with E-state index < -0.39 is 5.82 Å². The highest BCUT2D eigenvalue weighted by Crippen LogP contribution is 2.29. The first-order chi connectivity index (χ1) is 13.1. The van der Waals surface area contributed by atoms with E-state index in [4.69, 9.17) is 21.1 Å². The Morgan fingerprint density at radius 1 is 1.11 bits per heavy atom. The quantitative estimate of drug-likeness (QED) is 0.757. The number of benzene rings is 2. The zero-order valence-electron chi connectivity index (χ0n) is 15.2.